The Morgan fingerprint density at radius 3 is 1.39 bits per heavy atom. The number of rotatable bonds is 6. The molecule has 0 saturated heterocycles. The van der Waals surface area contributed by atoms with Crippen molar-refractivity contribution in [3.63, 3.8) is 0 Å². The maximum absolute atomic E-state index is 5.40. The van der Waals surface area contributed by atoms with Crippen LogP contribution in [0, 0.1) is 0 Å². The lowest BCUT2D eigenvalue weighted by molar-refractivity contribution is 0.952. The number of hydrogen-bond acceptors (Lipinski definition) is 3. The molecule has 3 heterocycles. The summed E-state index contributed by atoms with van der Waals surface area (Å²) in [5.74, 6) is 1.76. The maximum atomic E-state index is 5.40. The summed E-state index contributed by atoms with van der Waals surface area (Å²) in [4.78, 5) is 16.1. The molecule has 0 aliphatic carbocycles. The molecule has 0 atom stereocenters. The van der Waals surface area contributed by atoms with Gasteiger partial charge in [0.2, 0.25) is 5.95 Å². The van der Waals surface area contributed by atoms with Gasteiger partial charge >= 0.3 is 0 Å². The predicted octanol–water partition coefficient (Wildman–Crippen LogP) is 12.7. The van der Waals surface area contributed by atoms with E-state index in [2.05, 4.69) is 203 Å². The zero-order valence-electron chi connectivity index (χ0n) is 30.3. The summed E-state index contributed by atoms with van der Waals surface area (Å²) in [5.41, 5.74) is 11.6. The molecule has 5 heteroatoms. The minimum atomic E-state index is 0.564. The molecule has 11 aromatic rings. The summed E-state index contributed by atoms with van der Waals surface area (Å²) in [6.07, 6.45) is 0. The molecule has 0 bridgehead atoms. The first-order valence-corrected chi connectivity index (χ1v) is 18.9. The lowest BCUT2D eigenvalue weighted by Crippen LogP contribution is -2.08. The van der Waals surface area contributed by atoms with E-state index in [1.807, 2.05) is 6.07 Å². The van der Waals surface area contributed by atoms with E-state index in [-0.39, 0.29) is 0 Å². The van der Waals surface area contributed by atoms with E-state index in [9.17, 15) is 0 Å². The van der Waals surface area contributed by atoms with Gasteiger partial charge in [0, 0.05) is 32.7 Å². The molecular weight excluding hydrogens is 683 g/mol. The Balaban J connectivity index is 1.21. The number of benzene rings is 8. The summed E-state index contributed by atoms with van der Waals surface area (Å²) in [6, 6.07) is 70.3. The topological polar surface area (TPSA) is 48.5 Å². The van der Waals surface area contributed by atoms with Gasteiger partial charge in [-0.1, -0.05) is 164 Å². The van der Waals surface area contributed by atoms with Crippen molar-refractivity contribution in [2.24, 2.45) is 0 Å². The summed E-state index contributed by atoms with van der Waals surface area (Å²) < 4.78 is 4.55. The van der Waals surface area contributed by atoms with Crippen LogP contribution in [0.1, 0.15) is 0 Å². The first-order valence-electron chi connectivity index (χ1n) is 18.9. The minimum Gasteiger partial charge on any atom is -0.308 e. The second kappa shape index (κ2) is 13.0. The summed E-state index contributed by atoms with van der Waals surface area (Å²) in [6.45, 7) is 0. The first-order chi connectivity index (χ1) is 27.8. The second-order valence-corrected chi connectivity index (χ2v) is 14.0. The molecule has 0 saturated carbocycles. The van der Waals surface area contributed by atoms with Crippen LogP contribution in [0.25, 0.3) is 100 Å². The molecular formula is C51H33N5. The van der Waals surface area contributed by atoms with E-state index in [0.717, 1.165) is 66.3 Å². The number of fused-ring (bicyclic) bond motifs is 6. The van der Waals surface area contributed by atoms with Gasteiger partial charge in [-0.15, -0.1) is 0 Å². The molecule has 0 spiro atoms. The van der Waals surface area contributed by atoms with Gasteiger partial charge in [-0.05, 0) is 58.7 Å². The van der Waals surface area contributed by atoms with E-state index >= 15 is 0 Å². The van der Waals surface area contributed by atoms with E-state index in [1.54, 1.807) is 0 Å². The first kappa shape index (κ1) is 31.9. The lowest BCUT2D eigenvalue weighted by Gasteiger charge is -2.16. The Morgan fingerprint density at radius 1 is 0.286 bits per heavy atom. The van der Waals surface area contributed by atoms with Crippen molar-refractivity contribution in [1.82, 2.24) is 24.1 Å². The molecule has 0 amide bonds. The number of aromatic nitrogens is 5. The third-order valence-electron chi connectivity index (χ3n) is 10.8. The quantitative estimate of drug-likeness (QED) is 0.172. The molecule has 3 aromatic heterocycles. The highest BCUT2D eigenvalue weighted by molar-refractivity contribution is 6.11. The fourth-order valence-electron chi connectivity index (χ4n) is 8.29. The van der Waals surface area contributed by atoms with E-state index in [0.29, 0.717) is 17.6 Å². The molecule has 0 aliphatic rings. The van der Waals surface area contributed by atoms with Crippen molar-refractivity contribution >= 4 is 43.6 Å². The second-order valence-electron chi connectivity index (χ2n) is 14.0. The Bertz CT molecular complexity index is 3200. The standard InChI is InChI=1S/C51H33N5/c1-3-17-34(18-4-1)36-31-32-41-40-24-9-13-27-44(40)55(48(41)33-36)47-30-16-12-26-43(47)50-52-49(42-25-8-7-21-37(42)35-19-5-2-6-20-35)53-51(54-50)56-45-28-14-10-22-38(45)39-23-11-15-29-46(39)56/h1-33H. The van der Waals surface area contributed by atoms with Gasteiger partial charge in [0.05, 0.1) is 27.8 Å². The van der Waals surface area contributed by atoms with Gasteiger partial charge in [-0.2, -0.15) is 9.97 Å². The fraction of sp³-hybridized carbons (Fsp3) is 0. The van der Waals surface area contributed by atoms with Gasteiger partial charge in [-0.3, -0.25) is 4.57 Å². The maximum Gasteiger partial charge on any atom is 0.238 e. The molecule has 0 aliphatic heterocycles. The van der Waals surface area contributed by atoms with Crippen LogP contribution in [0.2, 0.25) is 0 Å². The average molecular weight is 716 g/mol. The summed E-state index contributed by atoms with van der Waals surface area (Å²) in [5, 5.41) is 4.68. The fourth-order valence-corrected chi connectivity index (χ4v) is 8.29. The minimum absolute atomic E-state index is 0.564. The smallest absolute Gasteiger partial charge is 0.238 e. The normalized spacial score (nSPS) is 11.6. The van der Waals surface area contributed by atoms with Crippen LogP contribution in [0.15, 0.2) is 200 Å². The SMILES string of the molecule is c1ccc(-c2ccc3c4ccccc4n(-c4ccccc4-c4nc(-c5ccccc5-c5ccccc5)nc(-n5c6ccccc6c6ccccc65)n4)c3c2)cc1. The highest BCUT2D eigenvalue weighted by Gasteiger charge is 2.22. The molecule has 262 valence electrons. The lowest BCUT2D eigenvalue weighted by atomic mass is 9.99. The molecule has 56 heavy (non-hydrogen) atoms. The highest BCUT2D eigenvalue weighted by Crippen LogP contribution is 2.39. The van der Waals surface area contributed by atoms with Crippen molar-refractivity contribution < 1.29 is 0 Å². The molecule has 5 nitrogen and oxygen atoms in total. The largest absolute Gasteiger partial charge is 0.308 e. The van der Waals surface area contributed by atoms with Crippen LogP contribution in [0.5, 0.6) is 0 Å². The van der Waals surface area contributed by atoms with E-state index in [1.165, 1.54) is 16.3 Å². The Labute approximate surface area is 323 Å². The monoisotopic (exact) mass is 715 g/mol. The van der Waals surface area contributed by atoms with Gasteiger partial charge in [-0.25, -0.2) is 4.98 Å². The highest BCUT2D eigenvalue weighted by atomic mass is 15.2. The zero-order valence-corrected chi connectivity index (χ0v) is 30.3. The van der Waals surface area contributed by atoms with Crippen LogP contribution in [-0.4, -0.2) is 24.1 Å². The van der Waals surface area contributed by atoms with Crippen LogP contribution in [-0.2, 0) is 0 Å². The van der Waals surface area contributed by atoms with Gasteiger partial charge in [0.1, 0.15) is 0 Å². The zero-order chi connectivity index (χ0) is 37.0. The Morgan fingerprint density at radius 2 is 0.750 bits per heavy atom. The Kier molecular flexibility index (Phi) is 7.42. The van der Waals surface area contributed by atoms with E-state index < -0.39 is 0 Å². The van der Waals surface area contributed by atoms with Crippen molar-refractivity contribution in [3.05, 3.63) is 200 Å². The Hall–Kier alpha value is -7.63. The number of para-hydroxylation sites is 4. The van der Waals surface area contributed by atoms with Crippen molar-refractivity contribution in [3.8, 4) is 56.7 Å². The summed E-state index contributed by atoms with van der Waals surface area (Å²) >= 11 is 0. The molecule has 0 N–H and O–H groups in total. The van der Waals surface area contributed by atoms with Crippen LogP contribution >= 0.6 is 0 Å². The molecule has 11 rings (SSSR count). The molecule has 0 fully saturated rings. The number of hydrogen-bond donors (Lipinski definition) is 0. The van der Waals surface area contributed by atoms with Crippen molar-refractivity contribution in [1.29, 1.82) is 0 Å². The van der Waals surface area contributed by atoms with Gasteiger partial charge in [0.25, 0.3) is 0 Å². The van der Waals surface area contributed by atoms with Crippen LogP contribution in [0.4, 0.5) is 0 Å². The molecule has 0 radical (unpaired) electrons. The van der Waals surface area contributed by atoms with Crippen molar-refractivity contribution in [2.75, 3.05) is 0 Å². The van der Waals surface area contributed by atoms with Gasteiger partial charge < -0.3 is 4.57 Å². The molecule has 8 aromatic carbocycles. The van der Waals surface area contributed by atoms with Crippen LogP contribution in [0.3, 0.4) is 0 Å². The van der Waals surface area contributed by atoms with Crippen molar-refractivity contribution in [2.45, 2.75) is 0 Å². The molecule has 0 unspecified atom stereocenters. The predicted molar refractivity (Wildman–Crippen MR) is 230 cm³/mol. The number of nitrogens with zero attached hydrogens (tertiary/aromatic N) is 5. The summed E-state index contributed by atoms with van der Waals surface area (Å²) in [7, 11) is 0. The van der Waals surface area contributed by atoms with Gasteiger partial charge in [0.15, 0.2) is 11.6 Å². The third-order valence-corrected chi connectivity index (χ3v) is 10.8. The van der Waals surface area contributed by atoms with Crippen LogP contribution < -0.4 is 0 Å². The third kappa shape index (κ3) is 5.13. The van der Waals surface area contributed by atoms with E-state index in [4.69, 9.17) is 15.0 Å². The average Bonchev–Trinajstić information content (AvgIpc) is 3.79.